The largest absolute Gasteiger partial charge is 0.394 e. The number of aliphatic hydroxyl groups is 1. The van der Waals surface area contributed by atoms with Crippen LogP contribution in [0.4, 0.5) is 0 Å². The van der Waals surface area contributed by atoms with Crippen LogP contribution in [0, 0.1) is 5.92 Å². The first kappa shape index (κ1) is 16.4. The van der Waals surface area contributed by atoms with E-state index in [4.69, 9.17) is 0 Å². The molecule has 0 fully saturated rings. The smallest absolute Gasteiger partial charge is 0.244 e. The topological polar surface area (TPSA) is 49.3 Å². The number of aryl methyl sites for hydroxylation is 1. The Morgan fingerprint density at radius 2 is 1.95 bits per heavy atom. The van der Waals surface area contributed by atoms with E-state index in [0.29, 0.717) is 5.92 Å². The predicted molar refractivity (Wildman–Crippen MR) is 83.3 cm³/mol. The summed E-state index contributed by atoms with van der Waals surface area (Å²) in [4.78, 5) is 11.8. The first-order valence-electron chi connectivity index (χ1n) is 7.23. The third-order valence-corrected chi connectivity index (χ3v) is 3.14. The van der Waals surface area contributed by atoms with Gasteiger partial charge >= 0.3 is 0 Å². The fourth-order valence-electron chi connectivity index (χ4n) is 2.03. The van der Waals surface area contributed by atoms with Gasteiger partial charge in [-0.25, -0.2) is 0 Å². The van der Waals surface area contributed by atoms with Crippen LogP contribution in [0.2, 0.25) is 0 Å². The van der Waals surface area contributed by atoms with Crippen LogP contribution in [0.5, 0.6) is 0 Å². The van der Waals surface area contributed by atoms with Crippen molar-refractivity contribution in [2.45, 2.75) is 39.7 Å². The molecule has 0 aromatic heterocycles. The minimum atomic E-state index is -0.172. The van der Waals surface area contributed by atoms with Gasteiger partial charge in [-0.3, -0.25) is 4.79 Å². The van der Waals surface area contributed by atoms with Gasteiger partial charge in [0.1, 0.15) is 0 Å². The number of nitrogens with one attached hydrogen (secondary N) is 1. The summed E-state index contributed by atoms with van der Waals surface area (Å²) in [6, 6.07) is 7.95. The van der Waals surface area contributed by atoms with Crippen LogP contribution < -0.4 is 5.32 Å². The molecule has 1 amide bonds. The summed E-state index contributed by atoms with van der Waals surface area (Å²) in [7, 11) is 0. The second-order valence-electron chi connectivity index (χ2n) is 5.45. The van der Waals surface area contributed by atoms with Gasteiger partial charge in [0.15, 0.2) is 0 Å². The molecule has 0 aliphatic rings. The summed E-state index contributed by atoms with van der Waals surface area (Å²) in [6.07, 6.45) is 5.10. The van der Waals surface area contributed by atoms with Crippen LogP contribution in [0.25, 0.3) is 6.08 Å². The molecule has 110 valence electrons. The lowest BCUT2D eigenvalue weighted by Crippen LogP contribution is -2.37. The van der Waals surface area contributed by atoms with Gasteiger partial charge in [-0.1, -0.05) is 45.0 Å². The van der Waals surface area contributed by atoms with Gasteiger partial charge in [0, 0.05) is 6.08 Å². The molecule has 0 radical (unpaired) electrons. The summed E-state index contributed by atoms with van der Waals surface area (Å²) >= 11 is 0. The minimum Gasteiger partial charge on any atom is -0.394 e. The Morgan fingerprint density at radius 3 is 2.45 bits per heavy atom. The zero-order valence-electron chi connectivity index (χ0n) is 12.6. The number of carbonyl (C=O) groups is 1. The van der Waals surface area contributed by atoms with Crippen LogP contribution in [-0.4, -0.2) is 23.7 Å². The van der Waals surface area contributed by atoms with Crippen molar-refractivity contribution >= 4 is 12.0 Å². The van der Waals surface area contributed by atoms with E-state index in [-0.39, 0.29) is 18.6 Å². The number of benzene rings is 1. The monoisotopic (exact) mass is 275 g/mol. The highest BCUT2D eigenvalue weighted by molar-refractivity contribution is 5.91. The lowest BCUT2D eigenvalue weighted by molar-refractivity contribution is -0.117. The van der Waals surface area contributed by atoms with Crippen LogP contribution in [0.15, 0.2) is 30.3 Å². The van der Waals surface area contributed by atoms with Gasteiger partial charge in [-0.2, -0.15) is 0 Å². The Kier molecular flexibility index (Phi) is 7.02. The molecule has 1 atom stereocenters. The van der Waals surface area contributed by atoms with Crippen molar-refractivity contribution in [2.75, 3.05) is 6.61 Å². The second kappa shape index (κ2) is 8.54. The minimum absolute atomic E-state index is 0.0248. The maximum Gasteiger partial charge on any atom is 0.244 e. The highest BCUT2D eigenvalue weighted by Crippen LogP contribution is 2.07. The molecular formula is C17H25NO2. The van der Waals surface area contributed by atoms with E-state index in [1.807, 2.05) is 12.1 Å². The number of aliphatic hydroxyl groups excluding tert-OH is 1. The van der Waals surface area contributed by atoms with E-state index in [0.717, 1.165) is 18.4 Å². The van der Waals surface area contributed by atoms with E-state index in [9.17, 15) is 9.90 Å². The van der Waals surface area contributed by atoms with Crippen molar-refractivity contribution in [2.24, 2.45) is 5.92 Å². The summed E-state index contributed by atoms with van der Waals surface area (Å²) < 4.78 is 0. The van der Waals surface area contributed by atoms with Gasteiger partial charge < -0.3 is 10.4 Å². The second-order valence-corrected chi connectivity index (χ2v) is 5.45. The van der Waals surface area contributed by atoms with Crippen molar-refractivity contribution in [1.29, 1.82) is 0 Å². The molecule has 0 aliphatic carbocycles. The fraction of sp³-hybridized carbons (Fsp3) is 0.471. The third-order valence-electron chi connectivity index (χ3n) is 3.14. The maximum absolute atomic E-state index is 11.8. The van der Waals surface area contributed by atoms with Crippen molar-refractivity contribution in [3.8, 4) is 0 Å². The summed E-state index contributed by atoms with van der Waals surface area (Å²) in [5.74, 6) is 0.280. The molecule has 1 aromatic carbocycles. The predicted octanol–water partition coefficient (Wildman–Crippen LogP) is 2.79. The van der Waals surface area contributed by atoms with Gasteiger partial charge in [-0.15, -0.1) is 0 Å². The molecule has 1 rings (SSSR count). The molecule has 0 aliphatic heterocycles. The first-order chi connectivity index (χ1) is 9.55. The van der Waals surface area contributed by atoms with Crippen molar-refractivity contribution in [1.82, 2.24) is 5.32 Å². The first-order valence-corrected chi connectivity index (χ1v) is 7.23. The maximum atomic E-state index is 11.8. The lowest BCUT2D eigenvalue weighted by Gasteiger charge is -2.17. The number of hydrogen-bond acceptors (Lipinski definition) is 2. The van der Waals surface area contributed by atoms with Gasteiger partial charge in [-0.05, 0) is 36.0 Å². The summed E-state index contributed by atoms with van der Waals surface area (Å²) in [5.41, 5.74) is 2.28. The number of rotatable bonds is 7. The van der Waals surface area contributed by atoms with Gasteiger partial charge in [0.25, 0.3) is 0 Å². The standard InChI is InChI=1S/C17H25NO2/c1-4-14-5-7-15(8-6-14)9-10-17(20)18-16(12-19)11-13(2)3/h5-10,13,16,19H,4,11-12H2,1-3H3,(H,18,20)/b10-9+. The van der Waals surface area contributed by atoms with E-state index < -0.39 is 0 Å². The van der Waals surface area contributed by atoms with Crippen molar-refractivity contribution < 1.29 is 9.90 Å². The van der Waals surface area contributed by atoms with Crippen LogP contribution >= 0.6 is 0 Å². The van der Waals surface area contributed by atoms with E-state index in [1.165, 1.54) is 11.6 Å². The van der Waals surface area contributed by atoms with Gasteiger partial charge in [0.2, 0.25) is 5.91 Å². The van der Waals surface area contributed by atoms with Crippen molar-refractivity contribution in [3.05, 3.63) is 41.5 Å². The number of carbonyl (C=O) groups excluding carboxylic acids is 1. The lowest BCUT2D eigenvalue weighted by atomic mass is 10.0. The van der Waals surface area contributed by atoms with E-state index >= 15 is 0 Å². The molecule has 3 nitrogen and oxygen atoms in total. The van der Waals surface area contributed by atoms with Crippen LogP contribution in [-0.2, 0) is 11.2 Å². The molecule has 0 spiro atoms. The molecule has 1 unspecified atom stereocenters. The van der Waals surface area contributed by atoms with Gasteiger partial charge in [0.05, 0.1) is 12.6 Å². The Labute approximate surface area is 121 Å². The zero-order chi connectivity index (χ0) is 15.0. The molecule has 20 heavy (non-hydrogen) atoms. The molecule has 2 N–H and O–H groups in total. The molecule has 0 bridgehead atoms. The highest BCUT2D eigenvalue weighted by atomic mass is 16.3. The molecule has 1 aromatic rings. The van der Waals surface area contributed by atoms with Crippen molar-refractivity contribution in [3.63, 3.8) is 0 Å². The number of hydrogen-bond donors (Lipinski definition) is 2. The quantitative estimate of drug-likeness (QED) is 0.752. The average molecular weight is 275 g/mol. The SMILES string of the molecule is CCc1ccc(/C=C/C(=O)NC(CO)CC(C)C)cc1. The third kappa shape index (κ3) is 6.02. The Bertz CT molecular complexity index is 435. The van der Waals surface area contributed by atoms with Crippen LogP contribution in [0.3, 0.4) is 0 Å². The molecule has 0 heterocycles. The summed E-state index contributed by atoms with van der Waals surface area (Å²) in [5, 5.41) is 12.0. The Hall–Kier alpha value is -1.61. The summed E-state index contributed by atoms with van der Waals surface area (Å²) in [6.45, 7) is 6.23. The van der Waals surface area contributed by atoms with E-state index in [1.54, 1.807) is 6.08 Å². The molecule has 0 saturated heterocycles. The normalized spacial score (nSPS) is 12.8. The van der Waals surface area contributed by atoms with Crippen LogP contribution in [0.1, 0.15) is 38.3 Å². The Balaban J connectivity index is 2.53. The molecular weight excluding hydrogens is 250 g/mol. The average Bonchev–Trinajstić information content (AvgIpc) is 2.44. The molecule has 0 saturated carbocycles. The fourth-order valence-corrected chi connectivity index (χ4v) is 2.03. The molecule has 3 heteroatoms. The van der Waals surface area contributed by atoms with E-state index in [2.05, 4.69) is 38.2 Å². The number of amides is 1. The zero-order valence-corrected chi connectivity index (χ0v) is 12.6. The Morgan fingerprint density at radius 1 is 1.30 bits per heavy atom. The highest BCUT2D eigenvalue weighted by Gasteiger charge is 2.11.